The number of phosphoric ester groups is 2. The molecule has 17 nitrogen and oxygen atoms in total. The lowest BCUT2D eigenvalue weighted by molar-refractivity contribution is -0.161. The average Bonchev–Trinajstić information content (AvgIpc) is 3.70. The van der Waals surface area contributed by atoms with Gasteiger partial charge in [0.2, 0.25) is 0 Å². The fourth-order valence-corrected chi connectivity index (χ4v) is 11.8. The minimum atomic E-state index is -4.95. The zero-order valence-corrected chi connectivity index (χ0v) is 58.1. The molecule has 87 heavy (non-hydrogen) atoms. The molecule has 0 fully saturated rings. The number of phosphoric acid groups is 2. The third-order valence-corrected chi connectivity index (χ3v) is 18.0. The van der Waals surface area contributed by atoms with Crippen LogP contribution >= 0.6 is 15.6 Å². The van der Waals surface area contributed by atoms with Gasteiger partial charge in [-0.25, -0.2) is 9.13 Å². The quantitative estimate of drug-likeness (QED) is 0.0222. The van der Waals surface area contributed by atoms with E-state index in [2.05, 4.69) is 41.5 Å². The van der Waals surface area contributed by atoms with Crippen molar-refractivity contribution in [3.63, 3.8) is 0 Å². The summed E-state index contributed by atoms with van der Waals surface area (Å²) in [5.41, 5.74) is 0. The van der Waals surface area contributed by atoms with E-state index in [9.17, 15) is 43.2 Å². The van der Waals surface area contributed by atoms with Crippen molar-refractivity contribution < 1.29 is 80.2 Å². The molecule has 0 rings (SSSR count). The van der Waals surface area contributed by atoms with E-state index < -0.39 is 97.5 Å². The lowest BCUT2D eigenvalue weighted by atomic mass is 9.99. The number of carbonyl (C=O) groups is 4. The maximum atomic E-state index is 13.0. The largest absolute Gasteiger partial charge is 0.472 e. The minimum absolute atomic E-state index is 0.105. The molecule has 0 saturated carbocycles. The number of carbonyl (C=O) groups excluding carboxylic acids is 4. The van der Waals surface area contributed by atoms with Crippen LogP contribution in [0.15, 0.2) is 0 Å². The van der Waals surface area contributed by atoms with Gasteiger partial charge in [-0.05, 0) is 37.5 Å². The van der Waals surface area contributed by atoms with E-state index in [0.29, 0.717) is 25.7 Å². The van der Waals surface area contributed by atoms with Crippen molar-refractivity contribution in [2.24, 2.45) is 11.8 Å². The van der Waals surface area contributed by atoms with Crippen LogP contribution in [-0.4, -0.2) is 96.7 Å². The highest BCUT2D eigenvalue weighted by molar-refractivity contribution is 7.47. The highest BCUT2D eigenvalue weighted by Gasteiger charge is 2.30. The number of hydrogen-bond donors (Lipinski definition) is 3. The number of aliphatic hydroxyl groups excluding tert-OH is 1. The van der Waals surface area contributed by atoms with Gasteiger partial charge in [-0.1, -0.05) is 292 Å². The van der Waals surface area contributed by atoms with Crippen molar-refractivity contribution in [2.75, 3.05) is 39.6 Å². The van der Waals surface area contributed by atoms with Crippen LogP contribution in [-0.2, 0) is 65.4 Å². The van der Waals surface area contributed by atoms with Crippen molar-refractivity contribution in [1.82, 2.24) is 0 Å². The van der Waals surface area contributed by atoms with Crippen LogP contribution < -0.4 is 0 Å². The Kier molecular flexibility index (Phi) is 59.0. The van der Waals surface area contributed by atoms with Crippen molar-refractivity contribution in [2.45, 2.75) is 362 Å². The predicted molar refractivity (Wildman–Crippen MR) is 349 cm³/mol. The van der Waals surface area contributed by atoms with E-state index in [-0.39, 0.29) is 25.7 Å². The first-order valence-electron chi connectivity index (χ1n) is 35.5. The van der Waals surface area contributed by atoms with Crippen LogP contribution in [0.4, 0.5) is 0 Å². The van der Waals surface area contributed by atoms with Crippen molar-refractivity contribution in [3.05, 3.63) is 0 Å². The molecule has 0 amide bonds. The number of aliphatic hydroxyl groups is 1. The lowest BCUT2D eigenvalue weighted by Crippen LogP contribution is -2.30. The normalized spacial score (nSPS) is 14.5. The van der Waals surface area contributed by atoms with Gasteiger partial charge >= 0.3 is 39.5 Å². The second-order valence-electron chi connectivity index (χ2n) is 25.3. The van der Waals surface area contributed by atoms with Crippen LogP contribution in [0.5, 0.6) is 0 Å². The number of ether oxygens (including phenoxy) is 4. The van der Waals surface area contributed by atoms with Gasteiger partial charge in [0.1, 0.15) is 19.3 Å². The second-order valence-corrected chi connectivity index (χ2v) is 28.2. The molecule has 0 aromatic rings. The molecule has 0 aromatic heterocycles. The van der Waals surface area contributed by atoms with Gasteiger partial charge in [0, 0.05) is 25.7 Å². The van der Waals surface area contributed by atoms with Crippen LogP contribution in [0, 0.1) is 11.8 Å². The molecular weight excluding hydrogens is 1150 g/mol. The van der Waals surface area contributed by atoms with Crippen molar-refractivity contribution in [3.8, 4) is 0 Å². The summed E-state index contributed by atoms with van der Waals surface area (Å²) in [7, 11) is -9.89. The molecule has 0 saturated heterocycles. The van der Waals surface area contributed by atoms with Gasteiger partial charge in [-0.3, -0.25) is 37.3 Å². The molecule has 3 unspecified atom stereocenters. The van der Waals surface area contributed by atoms with Crippen molar-refractivity contribution >= 4 is 39.5 Å². The Bertz CT molecular complexity index is 1700. The molecule has 6 atom stereocenters. The van der Waals surface area contributed by atoms with E-state index in [1.807, 2.05) is 0 Å². The number of rotatable bonds is 67. The molecule has 0 aliphatic rings. The topological polar surface area (TPSA) is 237 Å². The summed E-state index contributed by atoms with van der Waals surface area (Å²) in [6.07, 6.45) is 44.5. The SMILES string of the molecule is CCCCCCCCCCCC(=O)O[C@H](COC(=O)CCCCCCCCC)COP(=O)(O)OC[C@H](O)COP(=O)(O)OC[C@@H](COC(=O)CCCCCCCCCCCCC(C)C)OC(=O)CCCCCCCCCCCCCCCCC(C)CC. The average molecular weight is 1280 g/mol. The van der Waals surface area contributed by atoms with Gasteiger partial charge < -0.3 is 33.8 Å². The highest BCUT2D eigenvalue weighted by atomic mass is 31.2. The van der Waals surface area contributed by atoms with Crippen molar-refractivity contribution in [1.29, 1.82) is 0 Å². The molecule has 0 spiro atoms. The Balaban J connectivity index is 5.18. The zero-order valence-electron chi connectivity index (χ0n) is 56.3. The molecular formula is C68H132O17P2. The van der Waals surface area contributed by atoms with E-state index >= 15 is 0 Å². The summed E-state index contributed by atoms with van der Waals surface area (Å²) in [4.78, 5) is 72.2. The first kappa shape index (κ1) is 85.1. The summed E-state index contributed by atoms with van der Waals surface area (Å²) < 4.78 is 68.0. The lowest BCUT2D eigenvalue weighted by Gasteiger charge is -2.21. The van der Waals surface area contributed by atoms with Crippen LogP contribution in [0.3, 0.4) is 0 Å². The molecule has 0 radical (unpaired) electrons. The first-order chi connectivity index (χ1) is 41.9. The Labute approximate surface area is 530 Å². The first-order valence-corrected chi connectivity index (χ1v) is 38.5. The third-order valence-electron chi connectivity index (χ3n) is 16.1. The predicted octanol–water partition coefficient (Wildman–Crippen LogP) is 19.2. The molecule has 3 N–H and O–H groups in total. The molecule has 0 aliphatic carbocycles. The monoisotopic (exact) mass is 1280 g/mol. The number of esters is 4. The highest BCUT2D eigenvalue weighted by Crippen LogP contribution is 2.45. The van der Waals surface area contributed by atoms with E-state index in [0.717, 1.165) is 115 Å². The summed E-state index contributed by atoms with van der Waals surface area (Å²) in [6.45, 7) is 9.52. The second kappa shape index (κ2) is 60.3. The maximum absolute atomic E-state index is 13.0. The standard InChI is InChI=1S/C68H132O17P2/c1-7-10-12-14-16-25-34-40-46-52-67(72)84-63(56-78-65(70)50-44-38-30-15-13-11-8-2)58-82-86(74,75)80-54-62(69)55-81-87(76,77)83-59-64(57-79-66(71)51-45-39-33-28-24-23-26-31-36-42-48-60(4)5)85-68(73)53-47-41-35-29-22-20-18-17-19-21-27-32-37-43-49-61(6)9-3/h60-64,69H,7-59H2,1-6H3,(H,74,75)(H,76,77)/t61?,62-,63+,64+/m0/s1. The Hall–Kier alpha value is -1.94. The van der Waals surface area contributed by atoms with Gasteiger partial charge in [0.25, 0.3) is 0 Å². The molecule has 0 heterocycles. The molecule has 0 aromatic carbocycles. The summed E-state index contributed by atoms with van der Waals surface area (Å²) in [5, 5.41) is 10.5. The summed E-state index contributed by atoms with van der Waals surface area (Å²) in [5.74, 6) is -0.528. The van der Waals surface area contributed by atoms with E-state index in [1.54, 1.807) is 0 Å². The van der Waals surface area contributed by atoms with Gasteiger partial charge in [0.05, 0.1) is 26.4 Å². The van der Waals surface area contributed by atoms with Crippen LogP contribution in [0.1, 0.15) is 343 Å². The Morgan fingerprint density at radius 3 is 0.874 bits per heavy atom. The van der Waals surface area contributed by atoms with Gasteiger partial charge in [-0.2, -0.15) is 0 Å². The zero-order chi connectivity index (χ0) is 64.3. The molecule has 0 bridgehead atoms. The summed E-state index contributed by atoms with van der Waals surface area (Å²) in [6, 6.07) is 0. The summed E-state index contributed by atoms with van der Waals surface area (Å²) >= 11 is 0. The Morgan fingerprint density at radius 1 is 0.333 bits per heavy atom. The van der Waals surface area contributed by atoms with E-state index in [4.69, 9.17) is 37.0 Å². The maximum Gasteiger partial charge on any atom is 0.472 e. The van der Waals surface area contributed by atoms with Gasteiger partial charge in [0.15, 0.2) is 12.2 Å². The third kappa shape index (κ3) is 61.3. The number of hydrogen-bond acceptors (Lipinski definition) is 15. The molecule has 516 valence electrons. The number of unbranched alkanes of at least 4 members (excludes halogenated alkanes) is 36. The minimum Gasteiger partial charge on any atom is -0.462 e. The Morgan fingerprint density at radius 2 is 0.586 bits per heavy atom. The fourth-order valence-electron chi connectivity index (χ4n) is 10.2. The van der Waals surface area contributed by atoms with Gasteiger partial charge in [-0.15, -0.1) is 0 Å². The van der Waals surface area contributed by atoms with Crippen LogP contribution in [0.2, 0.25) is 0 Å². The van der Waals surface area contributed by atoms with E-state index in [1.165, 1.54) is 148 Å². The van der Waals surface area contributed by atoms with Crippen LogP contribution in [0.25, 0.3) is 0 Å². The molecule has 0 aliphatic heterocycles. The smallest absolute Gasteiger partial charge is 0.462 e. The molecule has 19 heteroatoms. The fraction of sp³-hybridized carbons (Fsp3) is 0.941.